The molecule has 0 aliphatic heterocycles. The van der Waals surface area contributed by atoms with Crippen molar-refractivity contribution in [3.8, 4) is 0 Å². The lowest BCUT2D eigenvalue weighted by Crippen LogP contribution is -2.11. The number of halogens is 2. The maximum absolute atomic E-state index is 6.27. The fraction of sp³-hybridized carbons (Fsp3) is 0.125. The molecule has 4 nitrogen and oxygen atoms in total. The van der Waals surface area contributed by atoms with Crippen molar-refractivity contribution in [1.82, 2.24) is 14.9 Å². The predicted molar refractivity (Wildman–Crippen MR) is 93.0 cm³/mol. The van der Waals surface area contributed by atoms with Crippen LogP contribution < -0.4 is 4.84 Å². The molecule has 2 aromatic carbocycles. The molecule has 7 heteroatoms. The van der Waals surface area contributed by atoms with Gasteiger partial charge in [-0.25, -0.2) is 4.98 Å². The van der Waals surface area contributed by atoms with Crippen LogP contribution >= 0.6 is 35.0 Å². The lowest BCUT2D eigenvalue weighted by Gasteiger charge is -2.11. The molecule has 3 rings (SSSR count). The van der Waals surface area contributed by atoms with Crippen molar-refractivity contribution in [3.63, 3.8) is 0 Å². The van der Waals surface area contributed by atoms with E-state index < -0.39 is 0 Å². The van der Waals surface area contributed by atoms with Crippen molar-refractivity contribution >= 4 is 35.0 Å². The molecule has 0 saturated heterocycles. The van der Waals surface area contributed by atoms with E-state index in [-0.39, 0.29) is 0 Å². The van der Waals surface area contributed by atoms with Gasteiger partial charge in [-0.15, -0.1) is 5.10 Å². The van der Waals surface area contributed by atoms with Crippen molar-refractivity contribution in [2.45, 2.75) is 11.3 Å². The fourth-order valence-electron chi connectivity index (χ4n) is 2.07. The average Bonchev–Trinajstić information content (AvgIpc) is 3.05. The van der Waals surface area contributed by atoms with Crippen LogP contribution in [-0.2, 0) is 6.42 Å². The van der Waals surface area contributed by atoms with Crippen LogP contribution in [0.1, 0.15) is 11.1 Å². The van der Waals surface area contributed by atoms with Crippen LogP contribution in [0.5, 0.6) is 0 Å². The van der Waals surface area contributed by atoms with Crippen LogP contribution in [0.25, 0.3) is 0 Å². The molecular formula is C16H13Cl2N3OS. The van der Waals surface area contributed by atoms with E-state index in [1.54, 1.807) is 17.8 Å². The Hall–Kier alpha value is -1.69. The summed E-state index contributed by atoms with van der Waals surface area (Å²) < 4.78 is 0. The normalized spacial score (nSPS) is 10.7. The Kier molecular flexibility index (Phi) is 5.43. The molecule has 0 aliphatic carbocycles. The molecule has 118 valence electrons. The first kappa shape index (κ1) is 16.2. The van der Waals surface area contributed by atoms with Crippen molar-refractivity contribution in [3.05, 3.63) is 76.3 Å². The highest BCUT2D eigenvalue weighted by atomic mass is 35.5. The van der Waals surface area contributed by atoms with Gasteiger partial charge < -0.3 is 4.84 Å². The molecule has 0 amide bonds. The Balaban J connectivity index is 1.70. The predicted octanol–water partition coefficient (Wildman–Crippen LogP) is 4.35. The Labute approximate surface area is 148 Å². The monoisotopic (exact) mass is 365 g/mol. The van der Waals surface area contributed by atoms with Crippen molar-refractivity contribution in [2.24, 2.45) is 0 Å². The third-order valence-corrected chi connectivity index (χ3v) is 4.69. The fourth-order valence-corrected chi connectivity index (χ4v) is 3.33. The smallest absolute Gasteiger partial charge is 0.167 e. The Morgan fingerprint density at radius 3 is 2.74 bits per heavy atom. The van der Waals surface area contributed by atoms with Crippen molar-refractivity contribution in [1.29, 1.82) is 0 Å². The molecule has 0 bridgehead atoms. The highest BCUT2D eigenvalue weighted by Gasteiger charge is 2.07. The van der Waals surface area contributed by atoms with E-state index in [2.05, 4.69) is 22.2 Å². The minimum absolute atomic E-state index is 0.439. The van der Waals surface area contributed by atoms with Gasteiger partial charge in [0.1, 0.15) is 6.33 Å². The summed E-state index contributed by atoms with van der Waals surface area (Å²) in [5.41, 5.74) is 2.23. The zero-order valence-electron chi connectivity index (χ0n) is 12.0. The molecule has 3 aromatic rings. The molecule has 0 N–H and O–H groups in total. The molecule has 0 radical (unpaired) electrons. The number of benzene rings is 2. The van der Waals surface area contributed by atoms with Crippen LogP contribution in [0.4, 0.5) is 0 Å². The van der Waals surface area contributed by atoms with E-state index >= 15 is 0 Å². The van der Waals surface area contributed by atoms with E-state index in [0.29, 0.717) is 16.0 Å². The first-order valence-electron chi connectivity index (χ1n) is 6.85. The quantitative estimate of drug-likeness (QED) is 0.480. The van der Waals surface area contributed by atoms with Gasteiger partial charge in [-0.2, -0.15) is 0 Å². The standard InChI is InChI=1S/C16H13Cl2N3OS/c17-14-6-5-12(15(18)8-14)7-13-3-1-2-4-16(13)23-11-22-21-10-19-9-20-21/h1-6,8-10H,7,11H2. The average molecular weight is 366 g/mol. The van der Waals surface area contributed by atoms with Crippen LogP contribution in [0.3, 0.4) is 0 Å². The minimum Gasteiger partial charge on any atom is -0.384 e. The molecule has 1 heterocycles. The van der Waals surface area contributed by atoms with E-state index in [0.717, 1.165) is 16.9 Å². The van der Waals surface area contributed by atoms with Gasteiger partial charge in [-0.1, -0.05) is 64.1 Å². The lowest BCUT2D eigenvalue weighted by atomic mass is 10.1. The summed E-state index contributed by atoms with van der Waals surface area (Å²) in [5.74, 6) is 0.439. The van der Waals surface area contributed by atoms with Gasteiger partial charge in [0, 0.05) is 21.4 Å². The Morgan fingerprint density at radius 1 is 1.09 bits per heavy atom. The molecule has 0 spiro atoms. The summed E-state index contributed by atoms with van der Waals surface area (Å²) in [6, 6.07) is 13.7. The van der Waals surface area contributed by atoms with Gasteiger partial charge in [0.2, 0.25) is 0 Å². The molecule has 0 saturated carbocycles. The summed E-state index contributed by atoms with van der Waals surface area (Å²) in [6.07, 6.45) is 3.68. The zero-order valence-corrected chi connectivity index (χ0v) is 14.4. The topological polar surface area (TPSA) is 39.9 Å². The Bertz CT molecular complexity index is 781. The number of hydrogen-bond acceptors (Lipinski definition) is 4. The molecule has 0 fully saturated rings. The minimum atomic E-state index is 0.439. The third kappa shape index (κ3) is 4.41. The second-order valence-corrected chi connectivity index (χ2v) is 6.52. The first-order chi connectivity index (χ1) is 11.2. The van der Waals surface area contributed by atoms with E-state index in [1.165, 1.54) is 23.1 Å². The molecule has 1 aromatic heterocycles. The number of aromatic nitrogens is 3. The zero-order chi connectivity index (χ0) is 16.1. The Morgan fingerprint density at radius 2 is 1.96 bits per heavy atom. The molecule has 0 unspecified atom stereocenters. The van der Waals surface area contributed by atoms with Gasteiger partial charge in [-0.05, 0) is 29.3 Å². The lowest BCUT2D eigenvalue weighted by molar-refractivity contribution is 0.120. The molecule has 0 atom stereocenters. The number of thioether (sulfide) groups is 1. The van der Waals surface area contributed by atoms with Crippen LogP contribution in [-0.4, -0.2) is 20.9 Å². The van der Waals surface area contributed by atoms with Gasteiger partial charge in [0.05, 0.1) is 0 Å². The number of rotatable bonds is 6. The summed E-state index contributed by atoms with van der Waals surface area (Å²) in [5, 5.41) is 5.22. The molecule has 23 heavy (non-hydrogen) atoms. The number of nitrogens with zero attached hydrogens (tertiary/aromatic N) is 3. The first-order valence-corrected chi connectivity index (χ1v) is 8.59. The maximum Gasteiger partial charge on any atom is 0.167 e. The maximum atomic E-state index is 6.27. The van der Waals surface area contributed by atoms with Crippen molar-refractivity contribution in [2.75, 3.05) is 5.94 Å². The van der Waals surface area contributed by atoms with Crippen molar-refractivity contribution < 1.29 is 4.84 Å². The van der Waals surface area contributed by atoms with Crippen LogP contribution in [0.15, 0.2) is 60.0 Å². The summed E-state index contributed by atoms with van der Waals surface area (Å²) >= 11 is 13.8. The van der Waals surface area contributed by atoms with Crippen LogP contribution in [0.2, 0.25) is 10.0 Å². The van der Waals surface area contributed by atoms with Gasteiger partial charge >= 0.3 is 0 Å². The second kappa shape index (κ2) is 7.73. The van der Waals surface area contributed by atoms with Gasteiger partial charge in [0.15, 0.2) is 12.3 Å². The second-order valence-electron chi connectivity index (χ2n) is 4.71. The highest BCUT2D eigenvalue weighted by molar-refractivity contribution is 7.99. The summed E-state index contributed by atoms with van der Waals surface area (Å²) in [4.78, 5) is 11.8. The van der Waals surface area contributed by atoms with Crippen LogP contribution in [0, 0.1) is 0 Å². The van der Waals surface area contributed by atoms with E-state index in [9.17, 15) is 0 Å². The van der Waals surface area contributed by atoms with Gasteiger partial charge in [-0.3, -0.25) is 0 Å². The molecular weight excluding hydrogens is 353 g/mol. The largest absolute Gasteiger partial charge is 0.384 e. The summed E-state index contributed by atoms with van der Waals surface area (Å²) in [7, 11) is 0. The van der Waals surface area contributed by atoms with E-state index in [1.807, 2.05) is 24.3 Å². The third-order valence-electron chi connectivity index (χ3n) is 3.17. The summed E-state index contributed by atoms with van der Waals surface area (Å²) in [6.45, 7) is 0. The highest BCUT2D eigenvalue weighted by Crippen LogP contribution is 2.28. The molecule has 0 aliphatic rings. The van der Waals surface area contributed by atoms with Gasteiger partial charge in [0.25, 0.3) is 0 Å². The number of hydrogen-bond donors (Lipinski definition) is 0. The SMILES string of the molecule is Clc1ccc(Cc2ccccc2SCOn2cncn2)c(Cl)c1. The van der Waals surface area contributed by atoms with E-state index in [4.69, 9.17) is 28.0 Å².